The lowest BCUT2D eigenvalue weighted by atomic mass is 9.96. The van der Waals surface area contributed by atoms with E-state index >= 15 is 0 Å². The Bertz CT molecular complexity index is 1310. The number of aromatic nitrogens is 2. The Labute approximate surface area is 207 Å². The summed E-state index contributed by atoms with van der Waals surface area (Å²) in [4.78, 5) is 24.1. The van der Waals surface area contributed by atoms with Gasteiger partial charge in [-0.3, -0.25) is 4.79 Å². The van der Waals surface area contributed by atoms with Gasteiger partial charge < -0.3 is 4.90 Å². The maximum Gasteiger partial charge on any atom is 0.281 e. The summed E-state index contributed by atoms with van der Waals surface area (Å²) in [7, 11) is -4.17. The number of sulfonamides is 1. The minimum absolute atomic E-state index is 0.167. The molecule has 3 heterocycles. The molecule has 1 saturated heterocycles. The molecule has 2 aromatic heterocycles. The number of hydrogen-bond donors (Lipinski definition) is 1. The molecule has 0 bridgehead atoms. The zero-order valence-electron chi connectivity index (χ0n) is 20.6. The summed E-state index contributed by atoms with van der Waals surface area (Å²) >= 11 is 0. The standard InChI is InChI=1S/C27H32N4O3S/c1-19-17-27(3,4)31(18-19)25-23(13-9-15-28-25)26(32)30-35(33,34)24-14-8-12-22(29-24)16-20(2)21-10-6-5-7-11-21/h5-15,19-20H,16-18H2,1-4H3,(H,30,32). The number of hydrogen-bond acceptors (Lipinski definition) is 6. The average Bonchev–Trinajstić information content (AvgIpc) is 3.11. The number of rotatable bonds is 7. The zero-order valence-corrected chi connectivity index (χ0v) is 21.4. The van der Waals surface area contributed by atoms with Gasteiger partial charge in [-0.1, -0.05) is 50.2 Å². The zero-order chi connectivity index (χ0) is 25.2. The lowest BCUT2D eigenvalue weighted by Gasteiger charge is -2.33. The van der Waals surface area contributed by atoms with E-state index in [9.17, 15) is 13.2 Å². The highest BCUT2D eigenvalue weighted by Crippen LogP contribution is 2.37. The van der Waals surface area contributed by atoms with Crippen molar-refractivity contribution < 1.29 is 13.2 Å². The largest absolute Gasteiger partial charge is 0.351 e. The van der Waals surface area contributed by atoms with Gasteiger partial charge in [-0.2, -0.15) is 8.42 Å². The number of carbonyl (C=O) groups is 1. The van der Waals surface area contributed by atoms with Crippen molar-refractivity contribution in [1.82, 2.24) is 14.7 Å². The second-order valence-corrected chi connectivity index (χ2v) is 11.7. The van der Waals surface area contributed by atoms with Gasteiger partial charge in [0.25, 0.3) is 15.9 Å². The smallest absolute Gasteiger partial charge is 0.281 e. The molecule has 1 amide bonds. The Balaban J connectivity index is 1.55. The lowest BCUT2D eigenvalue weighted by molar-refractivity contribution is 0.0981. The fourth-order valence-corrected chi connectivity index (χ4v) is 5.87. The highest BCUT2D eigenvalue weighted by Gasteiger charge is 2.39. The number of pyridine rings is 2. The second kappa shape index (κ2) is 9.77. The van der Waals surface area contributed by atoms with E-state index in [1.807, 2.05) is 30.3 Å². The first-order valence-electron chi connectivity index (χ1n) is 11.9. The van der Waals surface area contributed by atoms with Crippen LogP contribution in [0.2, 0.25) is 0 Å². The van der Waals surface area contributed by atoms with Crippen molar-refractivity contribution in [1.29, 1.82) is 0 Å². The molecule has 0 spiro atoms. The first-order valence-corrected chi connectivity index (χ1v) is 13.4. The molecule has 35 heavy (non-hydrogen) atoms. The molecule has 0 radical (unpaired) electrons. The predicted molar refractivity (Wildman–Crippen MR) is 137 cm³/mol. The summed E-state index contributed by atoms with van der Waals surface area (Å²) in [6, 6.07) is 18.1. The van der Waals surface area contributed by atoms with Crippen molar-refractivity contribution in [3.8, 4) is 0 Å². The molecule has 2 atom stereocenters. The summed E-state index contributed by atoms with van der Waals surface area (Å²) in [6.07, 6.45) is 3.16. The molecule has 1 aliphatic rings. The van der Waals surface area contributed by atoms with Crippen LogP contribution in [-0.4, -0.2) is 36.4 Å². The molecule has 8 heteroatoms. The van der Waals surface area contributed by atoms with Crippen molar-refractivity contribution in [3.05, 3.63) is 83.7 Å². The van der Waals surface area contributed by atoms with Crippen molar-refractivity contribution >= 4 is 21.7 Å². The molecular weight excluding hydrogens is 460 g/mol. The molecule has 184 valence electrons. The molecule has 0 saturated carbocycles. The maximum atomic E-state index is 13.2. The van der Waals surface area contributed by atoms with Crippen LogP contribution < -0.4 is 9.62 Å². The molecule has 1 N–H and O–H groups in total. The summed E-state index contributed by atoms with van der Waals surface area (Å²) in [6.45, 7) is 9.20. The van der Waals surface area contributed by atoms with Crippen molar-refractivity contribution in [3.63, 3.8) is 0 Å². The number of anilines is 1. The summed E-state index contributed by atoms with van der Waals surface area (Å²) in [5, 5.41) is -0.177. The third-order valence-corrected chi connectivity index (χ3v) is 7.76. The van der Waals surface area contributed by atoms with Gasteiger partial charge in [0.1, 0.15) is 5.82 Å². The molecule has 1 aliphatic heterocycles. The number of carbonyl (C=O) groups excluding carboxylic acids is 1. The van der Waals surface area contributed by atoms with E-state index in [0.717, 1.165) is 18.5 Å². The third-order valence-electron chi connectivity index (χ3n) is 6.53. The van der Waals surface area contributed by atoms with Crippen LogP contribution in [0.25, 0.3) is 0 Å². The molecule has 7 nitrogen and oxygen atoms in total. The number of benzene rings is 1. The number of amides is 1. The summed E-state index contributed by atoms with van der Waals surface area (Å²) in [5.41, 5.74) is 1.84. The predicted octanol–water partition coefficient (Wildman–Crippen LogP) is 4.57. The van der Waals surface area contributed by atoms with E-state index in [2.05, 4.69) is 47.3 Å². The van der Waals surface area contributed by atoms with Crippen LogP contribution in [0.3, 0.4) is 0 Å². The topological polar surface area (TPSA) is 92.3 Å². The highest BCUT2D eigenvalue weighted by molar-refractivity contribution is 7.90. The van der Waals surface area contributed by atoms with Crippen LogP contribution in [0.15, 0.2) is 71.9 Å². The van der Waals surface area contributed by atoms with Gasteiger partial charge in [0.2, 0.25) is 0 Å². The lowest BCUT2D eigenvalue weighted by Crippen LogP contribution is -2.41. The van der Waals surface area contributed by atoms with E-state index < -0.39 is 15.9 Å². The molecule has 1 aromatic carbocycles. The van der Waals surface area contributed by atoms with E-state index in [1.54, 1.807) is 30.5 Å². The quantitative estimate of drug-likeness (QED) is 0.520. The average molecular weight is 493 g/mol. The van der Waals surface area contributed by atoms with Gasteiger partial charge in [0.05, 0.1) is 5.56 Å². The number of nitrogens with one attached hydrogen (secondary N) is 1. The van der Waals surface area contributed by atoms with Gasteiger partial charge >= 0.3 is 0 Å². The third kappa shape index (κ3) is 5.53. The van der Waals surface area contributed by atoms with E-state index in [1.165, 1.54) is 6.07 Å². The van der Waals surface area contributed by atoms with Gasteiger partial charge in [0, 0.05) is 24.0 Å². The van der Waals surface area contributed by atoms with Gasteiger partial charge in [-0.25, -0.2) is 14.7 Å². The molecule has 2 unspecified atom stereocenters. The van der Waals surface area contributed by atoms with Crippen molar-refractivity contribution in [2.24, 2.45) is 5.92 Å². The van der Waals surface area contributed by atoms with E-state index in [-0.39, 0.29) is 22.0 Å². The van der Waals surface area contributed by atoms with Gasteiger partial charge in [-0.15, -0.1) is 0 Å². The maximum absolute atomic E-state index is 13.2. The van der Waals surface area contributed by atoms with Crippen molar-refractivity contribution in [2.45, 2.75) is 57.0 Å². The fraction of sp³-hybridized carbons (Fsp3) is 0.370. The van der Waals surface area contributed by atoms with Crippen molar-refractivity contribution in [2.75, 3.05) is 11.4 Å². The molecular formula is C27H32N4O3S. The van der Waals surface area contributed by atoms with Crippen LogP contribution in [-0.2, 0) is 16.4 Å². The summed E-state index contributed by atoms with van der Waals surface area (Å²) in [5.74, 6) is 0.388. The normalized spacial score (nSPS) is 18.3. The minimum Gasteiger partial charge on any atom is -0.351 e. The molecule has 0 aliphatic carbocycles. The Kier molecular flexibility index (Phi) is 6.94. The van der Waals surface area contributed by atoms with E-state index in [0.29, 0.717) is 23.9 Å². The van der Waals surface area contributed by atoms with Crippen LogP contribution in [0, 0.1) is 5.92 Å². The minimum atomic E-state index is -4.17. The first kappa shape index (κ1) is 24.9. The van der Waals surface area contributed by atoms with Crippen LogP contribution >= 0.6 is 0 Å². The van der Waals surface area contributed by atoms with Gasteiger partial charge in [0.15, 0.2) is 5.03 Å². The molecule has 4 rings (SSSR count). The van der Waals surface area contributed by atoms with Crippen LogP contribution in [0.5, 0.6) is 0 Å². The Hall–Kier alpha value is -3.26. The second-order valence-electron chi connectivity index (χ2n) is 10.0. The monoisotopic (exact) mass is 492 g/mol. The highest BCUT2D eigenvalue weighted by atomic mass is 32.2. The number of nitrogens with zero attached hydrogens (tertiary/aromatic N) is 3. The Morgan fingerprint density at radius 2 is 1.86 bits per heavy atom. The first-order chi connectivity index (χ1) is 16.6. The molecule has 1 fully saturated rings. The van der Waals surface area contributed by atoms with Crippen LogP contribution in [0.4, 0.5) is 5.82 Å². The fourth-order valence-electron chi connectivity index (χ4n) is 4.91. The van der Waals surface area contributed by atoms with E-state index in [4.69, 9.17) is 0 Å². The van der Waals surface area contributed by atoms with Gasteiger partial charge in [-0.05, 0) is 68.4 Å². The Morgan fingerprint density at radius 3 is 2.54 bits per heavy atom. The molecule has 3 aromatic rings. The SMILES string of the molecule is CC1CN(c2ncccc2C(=O)NS(=O)(=O)c2cccc(CC(C)c3ccccc3)n2)C(C)(C)C1. The summed E-state index contributed by atoms with van der Waals surface area (Å²) < 4.78 is 28.4. The Morgan fingerprint density at radius 1 is 1.11 bits per heavy atom. The van der Waals surface area contributed by atoms with Crippen LogP contribution in [0.1, 0.15) is 61.6 Å².